The lowest BCUT2D eigenvalue weighted by Crippen LogP contribution is -2.52. The van der Waals surface area contributed by atoms with Crippen LogP contribution in [0, 0.1) is 0 Å². The average Bonchev–Trinajstić information content (AvgIpc) is 2.48. The number of carboxylic acid groups (broad SMARTS) is 1. The van der Waals surface area contributed by atoms with Crippen molar-refractivity contribution in [3.8, 4) is 5.75 Å². The summed E-state index contributed by atoms with van der Waals surface area (Å²) in [5, 5.41) is 21.2. The SMILES string of the molecule is CN1CCN([C@@H](CC(=O)Nc2ccc(O)cc2)C(=O)O)CC1. The van der Waals surface area contributed by atoms with Crippen molar-refractivity contribution in [2.45, 2.75) is 12.5 Å². The van der Waals surface area contributed by atoms with Crippen molar-refractivity contribution in [1.82, 2.24) is 9.80 Å². The van der Waals surface area contributed by atoms with E-state index in [9.17, 15) is 19.8 Å². The Morgan fingerprint density at radius 3 is 2.32 bits per heavy atom. The van der Waals surface area contributed by atoms with Crippen LogP contribution in [0.5, 0.6) is 5.75 Å². The average molecular weight is 307 g/mol. The van der Waals surface area contributed by atoms with E-state index in [1.54, 1.807) is 12.1 Å². The fraction of sp³-hybridized carbons (Fsp3) is 0.467. The number of carbonyl (C=O) groups is 2. The summed E-state index contributed by atoms with van der Waals surface area (Å²) >= 11 is 0. The molecule has 0 saturated carbocycles. The zero-order chi connectivity index (χ0) is 16.1. The molecule has 1 fully saturated rings. The minimum Gasteiger partial charge on any atom is -0.508 e. The summed E-state index contributed by atoms with van der Waals surface area (Å²) in [4.78, 5) is 27.5. The lowest BCUT2D eigenvalue weighted by molar-refractivity contribution is -0.145. The van der Waals surface area contributed by atoms with Gasteiger partial charge in [-0.2, -0.15) is 0 Å². The fourth-order valence-electron chi connectivity index (χ4n) is 2.44. The number of likely N-dealkylation sites (N-methyl/N-ethyl adjacent to an activating group) is 1. The Labute approximate surface area is 129 Å². The van der Waals surface area contributed by atoms with E-state index < -0.39 is 12.0 Å². The normalized spacial score (nSPS) is 17.9. The highest BCUT2D eigenvalue weighted by Crippen LogP contribution is 2.15. The number of amides is 1. The molecule has 0 radical (unpaired) electrons. The number of aromatic hydroxyl groups is 1. The smallest absolute Gasteiger partial charge is 0.321 e. The summed E-state index contributed by atoms with van der Waals surface area (Å²) in [5.74, 6) is -1.22. The van der Waals surface area contributed by atoms with Crippen LogP contribution in [0.15, 0.2) is 24.3 Å². The maximum absolute atomic E-state index is 12.0. The first-order valence-electron chi connectivity index (χ1n) is 7.20. The first-order chi connectivity index (χ1) is 10.5. The molecule has 2 rings (SSSR count). The number of hydrogen-bond donors (Lipinski definition) is 3. The Kier molecular flexibility index (Phi) is 5.35. The van der Waals surface area contributed by atoms with Crippen molar-refractivity contribution in [3.63, 3.8) is 0 Å². The third-order valence-electron chi connectivity index (χ3n) is 3.79. The summed E-state index contributed by atoms with van der Waals surface area (Å²) in [6.45, 7) is 2.87. The fourth-order valence-corrected chi connectivity index (χ4v) is 2.44. The molecule has 1 atom stereocenters. The largest absolute Gasteiger partial charge is 0.508 e. The van der Waals surface area contributed by atoms with E-state index in [1.165, 1.54) is 12.1 Å². The number of nitrogens with one attached hydrogen (secondary N) is 1. The lowest BCUT2D eigenvalue weighted by Gasteiger charge is -2.35. The van der Waals surface area contributed by atoms with Crippen LogP contribution in [0.1, 0.15) is 6.42 Å². The maximum Gasteiger partial charge on any atom is 0.321 e. The predicted octanol–water partition coefficient (Wildman–Crippen LogP) is 0.421. The Morgan fingerprint density at radius 2 is 1.77 bits per heavy atom. The number of benzene rings is 1. The molecule has 1 aliphatic rings. The van der Waals surface area contributed by atoms with Gasteiger partial charge in [0.2, 0.25) is 5.91 Å². The van der Waals surface area contributed by atoms with E-state index in [-0.39, 0.29) is 18.1 Å². The Morgan fingerprint density at radius 1 is 1.18 bits per heavy atom. The number of rotatable bonds is 5. The van der Waals surface area contributed by atoms with Crippen LogP contribution in [0.4, 0.5) is 5.69 Å². The highest BCUT2D eigenvalue weighted by Gasteiger charge is 2.30. The van der Waals surface area contributed by atoms with Crippen LogP contribution in [-0.2, 0) is 9.59 Å². The van der Waals surface area contributed by atoms with Crippen molar-refractivity contribution < 1.29 is 19.8 Å². The zero-order valence-electron chi connectivity index (χ0n) is 12.5. The first kappa shape index (κ1) is 16.3. The molecule has 1 aromatic carbocycles. The molecule has 3 N–H and O–H groups in total. The topological polar surface area (TPSA) is 93.1 Å². The second kappa shape index (κ2) is 7.24. The standard InChI is InChI=1S/C15H21N3O4/c1-17-6-8-18(9-7-17)13(15(21)22)10-14(20)16-11-2-4-12(19)5-3-11/h2-5,13,19H,6-10H2,1H3,(H,16,20)(H,21,22)/t13-/m0/s1. The molecule has 7 heteroatoms. The Bertz CT molecular complexity index is 524. The van der Waals surface area contributed by atoms with Gasteiger partial charge in [0, 0.05) is 31.9 Å². The monoisotopic (exact) mass is 307 g/mol. The molecule has 1 aromatic rings. The molecule has 1 aliphatic heterocycles. The number of phenolic OH excluding ortho intramolecular Hbond substituents is 1. The van der Waals surface area contributed by atoms with Crippen LogP contribution in [0.3, 0.4) is 0 Å². The molecular weight excluding hydrogens is 286 g/mol. The van der Waals surface area contributed by atoms with Gasteiger partial charge in [0.05, 0.1) is 6.42 Å². The van der Waals surface area contributed by atoms with Gasteiger partial charge in [-0.25, -0.2) is 0 Å². The third-order valence-corrected chi connectivity index (χ3v) is 3.79. The number of aliphatic carboxylic acids is 1. The van der Waals surface area contributed by atoms with E-state index in [4.69, 9.17) is 0 Å². The molecule has 0 bridgehead atoms. The minimum absolute atomic E-state index is 0.0973. The molecule has 1 heterocycles. The Hall–Kier alpha value is -2.12. The zero-order valence-corrected chi connectivity index (χ0v) is 12.5. The predicted molar refractivity (Wildman–Crippen MR) is 81.8 cm³/mol. The van der Waals surface area contributed by atoms with Crippen LogP contribution < -0.4 is 5.32 Å². The quantitative estimate of drug-likeness (QED) is 0.683. The molecule has 0 aromatic heterocycles. The number of piperazine rings is 1. The number of hydrogen-bond acceptors (Lipinski definition) is 5. The van der Waals surface area contributed by atoms with Crippen molar-refractivity contribution in [3.05, 3.63) is 24.3 Å². The van der Waals surface area contributed by atoms with Gasteiger partial charge in [0.25, 0.3) is 0 Å². The van der Waals surface area contributed by atoms with Crippen molar-refractivity contribution >= 4 is 17.6 Å². The van der Waals surface area contributed by atoms with Crippen LogP contribution >= 0.6 is 0 Å². The van der Waals surface area contributed by atoms with Crippen molar-refractivity contribution in [2.75, 3.05) is 38.5 Å². The van der Waals surface area contributed by atoms with E-state index in [0.29, 0.717) is 18.8 Å². The highest BCUT2D eigenvalue weighted by molar-refractivity contribution is 5.94. The van der Waals surface area contributed by atoms with Gasteiger partial charge in [-0.1, -0.05) is 0 Å². The number of phenols is 1. The van der Waals surface area contributed by atoms with Crippen LogP contribution in [0.2, 0.25) is 0 Å². The third kappa shape index (κ3) is 4.44. The number of anilines is 1. The molecule has 0 aliphatic carbocycles. The molecule has 0 spiro atoms. The molecule has 7 nitrogen and oxygen atoms in total. The van der Waals surface area contributed by atoms with Gasteiger partial charge in [0.1, 0.15) is 11.8 Å². The van der Waals surface area contributed by atoms with E-state index in [1.807, 2.05) is 11.9 Å². The molecule has 22 heavy (non-hydrogen) atoms. The Balaban J connectivity index is 1.94. The van der Waals surface area contributed by atoms with E-state index >= 15 is 0 Å². The lowest BCUT2D eigenvalue weighted by atomic mass is 10.1. The summed E-state index contributed by atoms with van der Waals surface area (Å²) in [7, 11) is 1.99. The van der Waals surface area contributed by atoms with Crippen molar-refractivity contribution in [1.29, 1.82) is 0 Å². The molecule has 1 saturated heterocycles. The van der Waals surface area contributed by atoms with Gasteiger partial charge in [0.15, 0.2) is 0 Å². The van der Waals surface area contributed by atoms with Gasteiger partial charge >= 0.3 is 5.97 Å². The first-order valence-corrected chi connectivity index (χ1v) is 7.20. The van der Waals surface area contributed by atoms with Gasteiger partial charge in [-0.05, 0) is 31.3 Å². The highest BCUT2D eigenvalue weighted by atomic mass is 16.4. The van der Waals surface area contributed by atoms with E-state index in [0.717, 1.165) is 13.1 Å². The van der Waals surface area contributed by atoms with Crippen LogP contribution in [0.25, 0.3) is 0 Å². The number of carbonyl (C=O) groups excluding carboxylic acids is 1. The summed E-state index contributed by atoms with van der Waals surface area (Å²) in [6.07, 6.45) is -0.0973. The molecule has 0 unspecified atom stereocenters. The molecule has 1 amide bonds. The number of carboxylic acids is 1. The van der Waals surface area contributed by atoms with Gasteiger partial charge in [-0.15, -0.1) is 0 Å². The number of nitrogens with zero attached hydrogens (tertiary/aromatic N) is 2. The molecule has 120 valence electrons. The van der Waals surface area contributed by atoms with Gasteiger partial charge < -0.3 is 20.4 Å². The summed E-state index contributed by atoms with van der Waals surface area (Å²) in [6, 6.07) is 5.25. The van der Waals surface area contributed by atoms with Crippen molar-refractivity contribution in [2.24, 2.45) is 0 Å². The summed E-state index contributed by atoms with van der Waals surface area (Å²) in [5.41, 5.74) is 0.533. The maximum atomic E-state index is 12.0. The van der Waals surface area contributed by atoms with E-state index in [2.05, 4.69) is 10.2 Å². The minimum atomic E-state index is -0.981. The summed E-state index contributed by atoms with van der Waals surface area (Å²) < 4.78 is 0. The second-order valence-corrected chi connectivity index (χ2v) is 5.49. The van der Waals surface area contributed by atoms with Gasteiger partial charge in [-0.3, -0.25) is 14.5 Å². The molecular formula is C15H21N3O4. The van der Waals surface area contributed by atoms with Crippen LogP contribution in [-0.4, -0.2) is 71.2 Å². The second-order valence-electron chi connectivity index (χ2n) is 5.49.